The van der Waals surface area contributed by atoms with Gasteiger partial charge in [-0.05, 0) is 25.9 Å². The van der Waals surface area contributed by atoms with Crippen LogP contribution in [-0.2, 0) is 14.3 Å². The molecule has 1 amide bonds. The van der Waals surface area contributed by atoms with Crippen molar-refractivity contribution in [3.63, 3.8) is 0 Å². The van der Waals surface area contributed by atoms with Crippen molar-refractivity contribution in [2.75, 3.05) is 13.1 Å². The molecule has 5 nitrogen and oxygen atoms in total. The lowest BCUT2D eigenvalue weighted by atomic mass is 10.1. The minimum absolute atomic E-state index is 0.0481. The summed E-state index contributed by atoms with van der Waals surface area (Å²) in [7, 11) is 0. The predicted octanol–water partition coefficient (Wildman–Crippen LogP) is -0.843. The molecular weight excluding hydrogens is 172 g/mol. The third kappa shape index (κ3) is 3.89. The Morgan fingerprint density at radius 1 is 1.38 bits per heavy atom. The highest BCUT2D eigenvalue weighted by Gasteiger charge is 2.18. The monoisotopic (exact) mass is 186 g/mol. The normalized spacial score (nSPS) is 18.2. The average Bonchev–Trinajstić information content (AvgIpc) is 2.04. The molecule has 0 unspecified atom stereocenters. The van der Waals surface area contributed by atoms with Gasteiger partial charge in [-0.25, -0.2) is 0 Å². The fourth-order valence-corrected chi connectivity index (χ4v) is 1.28. The van der Waals surface area contributed by atoms with Crippen molar-refractivity contribution in [1.82, 2.24) is 5.32 Å². The van der Waals surface area contributed by atoms with Crippen LogP contribution in [0.15, 0.2) is 0 Å². The summed E-state index contributed by atoms with van der Waals surface area (Å²) in [6.07, 6.45) is 1.26. The third-order valence-electron chi connectivity index (χ3n) is 1.90. The Labute approximate surface area is 76.6 Å². The van der Waals surface area contributed by atoms with E-state index in [1.54, 1.807) is 0 Å². The quantitative estimate of drug-likeness (QED) is 0.444. The summed E-state index contributed by atoms with van der Waals surface area (Å²) in [5.41, 5.74) is 4.85. The van der Waals surface area contributed by atoms with Gasteiger partial charge in [0.25, 0.3) is 0 Å². The van der Waals surface area contributed by atoms with E-state index in [0.29, 0.717) is 0 Å². The lowest BCUT2D eigenvalue weighted by Gasteiger charge is -2.22. The molecule has 0 aromatic rings. The summed E-state index contributed by atoms with van der Waals surface area (Å²) < 4.78 is 5.02. The molecule has 0 saturated carbocycles. The van der Waals surface area contributed by atoms with Gasteiger partial charge in [0, 0.05) is 0 Å². The zero-order valence-electron chi connectivity index (χ0n) is 7.41. The van der Waals surface area contributed by atoms with E-state index in [1.165, 1.54) is 0 Å². The van der Waals surface area contributed by atoms with Gasteiger partial charge in [-0.2, -0.15) is 0 Å². The smallest absolute Gasteiger partial charge is 0.315 e. The molecule has 0 bridgehead atoms. The number of piperidine rings is 1. The second-order valence-corrected chi connectivity index (χ2v) is 3.08. The highest BCUT2D eigenvalue weighted by atomic mass is 16.5. The standard InChI is InChI=1S/C8H14N2O3/c9-7(11)5-8(12)13-6-1-3-10-4-2-6/h6,10H,1-5H2,(H2,9,11). The fraction of sp³-hybridized carbons (Fsp3) is 0.750. The predicted molar refractivity (Wildman–Crippen MR) is 45.8 cm³/mol. The van der Waals surface area contributed by atoms with Gasteiger partial charge in [0.1, 0.15) is 12.5 Å². The maximum atomic E-state index is 11.0. The van der Waals surface area contributed by atoms with Crippen LogP contribution >= 0.6 is 0 Å². The third-order valence-corrected chi connectivity index (χ3v) is 1.90. The second kappa shape index (κ2) is 4.81. The number of carbonyl (C=O) groups excluding carboxylic acids is 2. The van der Waals surface area contributed by atoms with Gasteiger partial charge in [0.05, 0.1) is 0 Å². The molecule has 1 saturated heterocycles. The van der Waals surface area contributed by atoms with Crippen molar-refractivity contribution in [3.8, 4) is 0 Å². The van der Waals surface area contributed by atoms with Crippen LogP contribution < -0.4 is 11.1 Å². The number of hydrogen-bond acceptors (Lipinski definition) is 4. The van der Waals surface area contributed by atoms with E-state index in [0.717, 1.165) is 25.9 Å². The van der Waals surface area contributed by atoms with E-state index in [9.17, 15) is 9.59 Å². The van der Waals surface area contributed by atoms with Crippen LogP contribution in [0.1, 0.15) is 19.3 Å². The van der Waals surface area contributed by atoms with Crippen molar-refractivity contribution in [2.45, 2.75) is 25.4 Å². The van der Waals surface area contributed by atoms with Crippen molar-refractivity contribution < 1.29 is 14.3 Å². The van der Waals surface area contributed by atoms with Crippen LogP contribution in [0, 0.1) is 0 Å². The lowest BCUT2D eigenvalue weighted by molar-refractivity contribution is -0.151. The van der Waals surface area contributed by atoms with Crippen LogP contribution in [0.4, 0.5) is 0 Å². The maximum absolute atomic E-state index is 11.0. The average molecular weight is 186 g/mol. The van der Waals surface area contributed by atoms with Crippen molar-refractivity contribution in [3.05, 3.63) is 0 Å². The van der Waals surface area contributed by atoms with Crippen LogP contribution in [-0.4, -0.2) is 31.1 Å². The van der Waals surface area contributed by atoms with E-state index >= 15 is 0 Å². The van der Waals surface area contributed by atoms with E-state index in [2.05, 4.69) is 5.32 Å². The van der Waals surface area contributed by atoms with E-state index < -0.39 is 11.9 Å². The number of ether oxygens (including phenoxy) is 1. The molecule has 3 N–H and O–H groups in total. The van der Waals surface area contributed by atoms with E-state index in [-0.39, 0.29) is 12.5 Å². The Kier molecular flexibility index (Phi) is 3.70. The van der Waals surface area contributed by atoms with E-state index in [1.807, 2.05) is 0 Å². The first-order chi connectivity index (χ1) is 6.18. The molecule has 0 aromatic carbocycles. The van der Waals surface area contributed by atoms with Crippen LogP contribution in [0.5, 0.6) is 0 Å². The largest absolute Gasteiger partial charge is 0.462 e. The molecule has 0 atom stereocenters. The molecule has 5 heteroatoms. The minimum Gasteiger partial charge on any atom is -0.462 e. The first kappa shape index (κ1) is 9.98. The summed E-state index contributed by atoms with van der Waals surface area (Å²) in [6, 6.07) is 0. The van der Waals surface area contributed by atoms with Crippen molar-refractivity contribution >= 4 is 11.9 Å². The Hall–Kier alpha value is -1.10. The first-order valence-electron chi connectivity index (χ1n) is 4.37. The summed E-state index contributed by atoms with van der Waals surface area (Å²) in [5, 5.41) is 3.15. The van der Waals surface area contributed by atoms with Gasteiger partial charge in [0.15, 0.2) is 0 Å². The molecule has 1 heterocycles. The molecule has 13 heavy (non-hydrogen) atoms. The molecule has 1 aliphatic heterocycles. The summed E-state index contributed by atoms with van der Waals surface area (Å²) >= 11 is 0. The maximum Gasteiger partial charge on any atom is 0.315 e. The number of rotatable bonds is 3. The Morgan fingerprint density at radius 2 is 2.00 bits per heavy atom. The second-order valence-electron chi connectivity index (χ2n) is 3.08. The first-order valence-corrected chi connectivity index (χ1v) is 4.37. The minimum atomic E-state index is -0.640. The van der Waals surface area contributed by atoms with Gasteiger partial charge in [-0.15, -0.1) is 0 Å². The number of esters is 1. The number of amides is 1. The number of nitrogens with two attached hydrogens (primary N) is 1. The zero-order chi connectivity index (χ0) is 9.68. The molecule has 74 valence electrons. The van der Waals surface area contributed by atoms with E-state index in [4.69, 9.17) is 10.5 Å². The zero-order valence-corrected chi connectivity index (χ0v) is 7.41. The highest BCUT2D eigenvalue weighted by molar-refractivity contribution is 5.93. The summed E-state index contributed by atoms with van der Waals surface area (Å²) in [5.74, 6) is -1.15. The Balaban J connectivity index is 2.22. The summed E-state index contributed by atoms with van der Waals surface area (Å²) in [6.45, 7) is 1.71. The lowest BCUT2D eigenvalue weighted by Crippen LogP contribution is -2.34. The van der Waals surface area contributed by atoms with Crippen LogP contribution in [0.25, 0.3) is 0 Å². The Morgan fingerprint density at radius 3 is 2.54 bits per heavy atom. The van der Waals surface area contributed by atoms with Crippen LogP contribution in [0.2, 0.25) is 0 Å². The molecule has 0 aliphatic carbocycles. The van der Waals surface area contributed by atoms with Crippen molar-refractivity contribution in [1.29, 1.82) is 0 Å². The van der Waals surface area contributed by atoms with Crippen molar-refractivity contribution in [2.24, 2.45) is 5.73 Å². The molecule has 0 radical (unpaired) electrons. The number of hydrogen-bond donors (Lipinski definition) is 2. The number of carbonyl (C=O) groups is 2. The van der Waals surface area contributed by atoms with Crippen LogP contribution in [0.3, 0.4) is 0 Å². The van der Waals surface area contributed by atoms with Gasteiger partial charge in [0.2, 0.25) is 5.91 Å². The molecule has 1 aliphatic rings. The topological polar surface area (TPSA) is 81.4 Å². The summed E-state index contributed by atoms with van der Waals surface area (Å²) in [4.78, 5) is 21.3. The van der Waals surface area contributed by atoms with Gasteiger partial charge in [-0.1, -0.05) is 0 Å². The highest BCUT2D eigenvalue weighted by Crippen LogP contribution is 2.07. The SMILES string of the molecule is NC(=O)CC(=O)OC1CCNCC1. The fourth-order valence-electron chi connectivity index (χ4n) is 1.28. The van der Waals surface area contributed by atoms with Gasteiger partial charge < -0.3 is 15.8 Å². The number of nitrogens with one attached hydrogen (secondary N) is 1. The molecule has 0 aromatic heterocycles. The Bertz CT molecular complexity index is 200. The molecule has 1 rings (SSSR count). The molecular formula is C8H14N2O3. The van der Waals surface area contributed by atoms with Gasteiger partial charge in [-0.3, -0.25) is 9.59 Å². The molecule has 0 spiro atoms. The van der Waals surface area contributed by atoms with Gasteiger partial charge >= 0.3 is 5.97 Å². The molecule has 1 fully saturated rings. The number of primary amides is 1.